The molecule has 3 N–H and O–H groups in total. The van der Waals surface area contributed by atoms with Gasteiger partial charge in [-0.05, 0) is 44.2 Å². The molecule has 8 heteroatoms. The third kappa shape index (κ3) is 5.63. The highest BCUT2D eigenvalue weighted by molar-refractivity contribution is 14.0. The molecule has 0 aromatic heterocycles. The molecule has 3 rings (SSSR count). The molecule has 0 unspecified atom stereocenters. The maximum Gasteiger partial charge on any atom is 0.409 e. The van der Waals surface area contributed by atoms with Gasteiger partial charge in [-0.1, -0.05) is 29.8 Å². The van der Waals surface area contributed by atoms with Gasteiger partial charge >= 0.3 is 6.09 Å². The first-order valence-electron chi connectivity index (χ1n) is 9.27. The van der Waals surface area contributed by atoms with Gasteiger partial charge in [-0.3, -0.25) is 4.99 Å². The van der Waals surface area contributed by atoms with E-state index in [0.29, 0.717) is 32.2 Å². The summed E-state index contributed by atoms with van der Waals surface area (Å²) in [6, 6.07) is 8.22. The molecule has 2 aliphatic rings. The number of rotatable bonds is 5. The Morgan fingerprint density at radius 3 is 2.63 bits per heavy atom. The number of amides is 1. The second-order valence-electron chi connectivity index (χ2n) is 7.07. The lowest BCUT2D eigenvalue weighted by atomic mass is 9.96. The van der Waals surface area contributed by atoms with E-state index in [9.17, 15) is 4.79 Å². The number of benzene rings is 1. The molecule has 1 aromatic carbocycles. The fourth-order valence-electron chi connectivity index (χ4n) is 3.47. The van der Waals surface area contributed by atoms with Gasteiger partial charge in [-0.15, -0.1) is 24.0 Å². The van der Waals surface area contributed by atoms with Crippen molar-refractivity contribution in [1.82, 2.24) is 10.2 Å². The number of carbonyl (C=O) groups is 1. The third-order valence-corrected chi connectivity index (χ3v) is 5.55. The first kappa shape index (κ1) is 22.1. The van der Waals surface area contributed by atoms with Crippen LogP contribution in [0.1, 0.15) is 38.2 Å². The monoisotopic (exact) mass is 506 g/mol. The normalized spacial score (nSPS) is 19.2. The predicted molar refractivity (Wildman–Crippen MR) is 119 cm³/mol. The van der Waals surface area contributed by atoms with Gasteiger partial charge in [0.25, 0.3) is 0 Å². The zero-order valence-electron chi connectivity index (χ0n) is 15.6. The van der Waals surface area contributed by atoms with E-state index in [1.165, 1.54) is 5.56 Å². The van der Waals surface area contributed by atoms with Crippen molar-refractivity contribution in [3.8, 4) is 0 Å². The van der Waals surface area contributed by atoms with E-state index in [0.717, 1.165) is 30.7 Å². The molecule has 27 heavy (non-hydrogen) atoms. The second-order valence-corrected chi connectivity index (χ2v) is 7.47. The van der Waals surface area contributed by atoms with E-state index in [1.54, 1.807) is 4.90 Å². The summed E-state index contributed by atoms with van der Waals surface area (Å²) < 4.78 is 5.04. The third-order valence-electron chi connectivity index (χ3n) is 5.22. The minimum atomic E-state index is -0.233. The molecule has 1 aliphatic carbocycles. The Kier molecular flexibility index (Phi) is 8.03. The summed E-state index contributed by atoms with van der Waals surface area (Å²) in [5.41, 5.74) is 7.31. The molecule has 0 radical (unpaired) electrons. The lowest BCUT2D eigenvalue weighted by Gasteiger charge is -2.31. The molecule has 0 spiro atoms. The van der Waals surface area contributed by atoms with Gasteiger partial charge in [0.2, 0.25) is 0 Å². The highest BCUT2D eigenvalue weighted by Gasteiger charge is 2.45. The number of hydrogen-bond acceptors (Lipinski definition) is 3. The Hall–Kier alpha value is -1.22. The molecule has 6 nitrogen and oxygen atoms in total. The fourth-order valence-corrected chi connectivity index (χ4v) is 3.80. The summed E-state index contributed by atoms with van der Waals surface area (Å²) in [6.45, 7) is 4.22. The van der Waals surface area contributed by atoms with Crippen LogP contribution in [0.15, 0.2) is 29.3 Å². The maximum atomic E-state index is 11.7. The van der Waals surface area contributed by atoms with E-state index in [-0.39, 0.29) is 41.5 Å². The first-order chi connectivity index (χ1) is 12.5. The molecular formula is C19H28ClIN4O2. The summed E-state index contributed by atoms with van der Waals surface area (Å²) in [5, 5.41) is 4.10. The van der Waals surface area contributed by atoms with Gasteiger partial charge in [0.1, 0.15) is 0 Å². The summed E-state index contributed by atoms with van der Waals surface area (Å²) in [7, 11) is 0. The molecule has 2 fully saturated rings. The SMILES string of the molecule is CCOC(=O)N1CCC(NC(N)=NCC2(c3ccccc3Cl)CC2)CC1.I. The quantitative estimate of drug-likeness (QED) is 0.364. The van der Waals surface area contributed by atoms with Crippen LogP contribution in [0.25, 0.3) is 0 Å². The highest BCUT2D eigenvalue weighted by atomic mass is 127. The minimum Gasteiger partial charge on any atom is -0.450 e. The molecule has 1 aromatic rings. The standard InChI is InChI=1S/C19H27ClN4O2.HI/c1-2-26-18(25)24-11-7-14(8-12-24)23-17(21)22-13-19(9-10-19)15-5-3-4-6-16(15)20;/h3-6,14H,2,7-13H2,1H3,(H3,21,22,23);1H. The first-order valence-corrected chi connectivity index (χ1v) is 9.65. The van der Waals surface area contributed by atoms with Crippen molar-refractivity contribution in [1.29, 1.82) is 0 Å². The molecule has 1 saturated heterocycles. The van der Waals surface area contributed by atoms with Gasteiger partial charge in [0.15, 0.2) is 5.96 Å². The number of aliphatic imine (C=N–C) groups is 1. The number of nitrogens with one attached hydrogen (secondary N) is 1. The van der Waals surface area contributed by atoms with Crippen LogP contribution < -0.4 is 11.1 Å². The maximum absolute atomic E-state index is 11.7. The Labute approximate surface area is 182 Å². The molecule has 1 saturated carbocycles. The topological polar surface area (TPSA) is 80.0 Å². The number of guanidine groups is 1. The molecule has 1 aliphatic heterocycles. The van der Waals surface area contributed by atoms with E-state index < -0.39 is 0 Å². The van der Waals surface area contributed by atoms with E-state index >= 15 is 0 Å². The molecule has 150 valence electrons. The van der Waals surface area contributed by atoms with Crippen LogP contribution >= 0.6 is 35.6 Å². The zero-order valence-corrected chi connectivity index (χ0v) is 18.7. The van der Waals surface area contributed by atoms with Gasteiger partial charge < -0.3 is 20.7 Å². The van der Waals surface area contributed by atoms with Gasteiger partial charge in [-0.25, -0.2) is 4.79 Å². The lowest BCUT2D eigenvalue weighted by Crippen LogP contribution is -2.48. The van der Waals surface area contributed by atoms with E-state index in [4.69, 9.17) is 22.1 Å². The predicted octanol–water partition coefficient (Wildman–Crippen LogP) is 3.51. The van der Waals surface area contributed by atoms with Crippen molar-refractivity contribution in [3.63, 3.8) is 0 Å². The number of ether oxygens (including phenoxy) is 1. The number of nitrogens with zero attached hydrogens (tertiary/aromatic N) is 2. The second kappa shape index (κ2) is 9.82. The zero-order chi connectivity index (χ0) is 18.6. The average molecular weight is 507 g/mol. The fraction of sp³-hybridized carbons (Fsp3) is 0.579. The van der Waals surface area contributed by atoms with Crippen molar-refractivity contribution >= 4 is 47.6 Å². The summed E-state index contributed by atoms with van der Waals surface area (Å²) in [5.74, 6) is 0.470. The van der Waals surface area contributed by atoms with Crippen LogP contribution in [0.5, 0.6) is 0 Å². The number of halogens is 2. The van der Waals surface area contributed by atoms with Crippen LogP contribution in [0.4, 0.5) is 4.79 Å². The van der Waals surface area contributed by atoms with Gasteiger partial charge in [-0.2, -0.15) is 0 Å². The number of piperidine rings is 1. The number of nitrogens with two attached hydrogens (primary N) is 1. The molecule has 1 amide bonds. The summed E-state index contributed by atoms with van der Waals surface area (Å²) >= 11 is 6.34. The number of hydrogen-bond donors (Lipinski definition) is 2. The molecule has 0 atom stereocenters. The average Bonchev–Trinajstić information content (AvgIpc) is 3.42. The smallest absolute Gasteiger partial charge is 0.409 e. The van der Waals surface area contributed by atoms with Crippen LogP contribution in [-0.4, -0.2) is 49.2 Å². The Morgan fingerprint density at radius 1 is 1.37 bits per heavy atom. The summed E-state index contributed by atoms with van der Waals surface area (Å²) in [4.78, 5) is 18.0. The van der Waals surface area contributed by atoms with Crippen LogP contribution in [0, 0.1) is 0 Å². The number of likely N-dealkylation sites (tertiary alicyclic amines) is 1. The Morgan fingerprint density at radius 2 is 2.04 bits per heavy atom. The van der Waals surface area contributed by atoms with Crippen molar-refractivity contribution in [2.45, 2.75) is 44.1 Å². The van der Waals surface area contributed by atoms with E-state index in [1.807, 2.05) is 25.1 Å². The van der Waals surface area contributed by atoms with Crippen LogP contribution in [-0.2, 0) is 10.2 Å². The molecule has 0 bridgehead atoms. The Bertz CT molecular complexity index is 673. The van der Waals surface area contributed by atoms with Gasteiger partial charge in [0, 0.05) is 29.6 Å². The van der Waals surface area contributed by atoms with Gasteiger partial charge in [0.05, 0.1) is 13.2 Å². The molecular weight excluding hydrogens is 479 g/mol. The number of carbonyl (C=O) groups excluding carboxylic acids is 1. The highest BCUT2D eigenvalue weighted by Crippen LogP contribution is 2.50. The summed E-state index contributed by atoms with van der Waals surface area (Å²) in [6.07, 6.45) is 3.62. The van der Waals surface area contributed by atoms with E-state index in [2.05, 4.69) is 16.4 Å². The van der Waals surface area contributed by atoms with Crippen molar-refractivity contribution in [3.05, 3.63) is 34.9 Å². The Balaban J connectivity index is 0.00000261. The van der Waals surface area contributed by atoms with Crippen molar-refractivity contribution in [2.24, 2.45) is 10.7 Å². The largest absolute Gasteiger partial charge is 0.450 e. The lowest BCUT2D eigenvalue weighted by molar-refractivity contribution is 0.0963. The van der Waals surface area contributed by atoms with Crippen molar-refractivity contribution in [2.75, 3.05) is 26.2 Å². The van der Waals surface area contributed by atoms with Crippen molar-refractivity contribution < 1.29 is 9.53 Å². The minimum absolute atomic E-state index is 0. The van der Waals surface area contributed by atoms with Crippen LogP contribution in [0.3, 0.4) is 0 Å². The molecule has 1 heterocycles. The van der Waals surface area contributed by atoms with Crippen LogP contribution in [0.2, 0.25) is 5.02 Å².